The molecule has 1 heterocycles. The third-order valence-corrected chi connectivity index (χ3v) is 4.68. The van der Waals surface area contributed by atoms with Crippen LogP contribution in [0.3, 0.4) is 0 Å². The second-order valence-electron chi connectivity index (χ2n) is 6.10. The van der Waals surface area contributed by atoms with Gasteiger partial charge in [-0.2, -0.15) is 0 Å². The molecule has 0 unspecified atom stereocenters. The fourth-order valence-corrected chi connectivity index (χ4v) is 3.32. The maximum atomic E-state index is 13.7. The van der Waals surface area contributed by atoms with Crippen LogP contribution in [0.2, 0.25) is 0 Å². The van der Waals surface area contributed by atoms with Crippen LogP contribution in [0.4, 0.5) is 8.78 Å². The summed E-state index contributed by atoms with van der Waals surface area (Å²) in [6.45, 7) is 0.816. The van der Waals surface area contributed by atoms with E-state index in [0.717, 1.165) is 29.7 Å². The van der Waals surface area contributed by atoms with Gasteiger partial charge < -0.3 is 9.47 Å². The third-order valence-electron chi connectivity index (χ3n) is 4.68. The Morgan fingerprint density at radius 1 is 1.04 bits per heavy atom. The van der Waals surface area contributed by atoms with Crippen molar-refractivity contribution in [3.8, 4) is 11.5 Å². The molecule has 0 fully saturated rings. The molecule has 3 rings (SSSR count). The van der Waals surface area contributed by atoms with Crippen LogP contribution >= 0.6 is 0 Å². The zero-order valence-electron chi connectivity index (χ0n) is 14.1. The van der Waals surface area contributed by atoms with E-state index in [1.165, 1.54) is 12.1 Å². The van der Waals surface area contributed by atoms with Gasteiger partial charge in [0.05, 0.1) is 14.2 Å². The minimum absolute atomic E-state index is 0.00181. The van der Waals surface area contributed by atoms with Crippen molar-refractivity contribution in [2.24, 2.45) is 0 Å². The summed E-state index contributed by atoms with van der Waals surface area (Å²) >= 11 is 0. The van der Waals surface area contributed by atoms with Crippen LogP contribution in [0.25, 0.3) is 0 Å². The van der Waals surface area contributed by atoms with Crippen molar-refractivity contribution in [2.75, 3.05) is 27.8 Å². The molecule has 2 aromatic rings. The fourth-order valence-electron chi connectivity index (χ4n) is 3.32. The van der Waals surface area contributed by atoms with Crippen LogP contribution in [-0.4, -0.2) is 32.7 Å². The molecule has 0 saturated carbocycles. The topological polar surface area (TPSA) is 21.7 Å². The van der Waals surface area contributed by atoms with E-state index in [4.69, 9.17) is 9.47 Å². The number of methoxy groups -OCH3 is 2. The quantitative estimate of drug-likeness (QED) is 0.850. The van der Waals surface area contributed by atoms with E-state index in [2.05, 4.69) is 4.90 Å². The van der Waals surface area contributed by atoms with Crippen LogP contribution < -0.4 is 9.47 Å². The van der Waals surface area contributed by atoms with Crippen LogP contribution in [0, 0.1) is 11.6 Å². The van der Waals surface area contributed by atoms with Crippen molar-refractivity contribution in [2.45, 2.75) is 18.9 Å². The largest absolute Gasteiger partial charge is 0.493 e. The first-order valence-corrected chi connectivity index (χ1v) is 7.92. The Kier molecular flexibility index (Phi) is 4.71. The maximum Gasteiger partial charge on any atom is 0.160 e. The Bertz CT molecular complexity index is 748. The minimum atomic E-state index is -0.790. The lowest BCUT2D eigenvalue weighted by Gasteiger charge is -2.35. The second kappa shape index (κ2) is 6.77. The van der Waals surface area contributed by atoms with Crippen LogP contribution in [0.5, 0.6) is 11.5 Å². The molecule has 0 bridgehead atoms. The number of halogens is 2. The van der Waals surface area contributed by atoms with E-state index in [1.54, 1.807) is 14.2 Å². The molecule has 0 aromatic heterocycles. The summed E-state index contributed by atoms with van der Waals surface area (Å²) in [5.74, 6) is -0.227. The first-order valence-electron chi connectivity index (χ1n) is 7.92. The molecule has 5 heteroatoms. The molecule has 0 radical (unpaired) electrons. The summed E-state index contributed by atoms with van der Waals surface area (Å²) in [5.41, 5.74) is 2.80. The number of hydrogen-bond donors (Lipinski definition) is 0. The maximum absolute atomic E-state index is 13.7. The zero-order valence-corrected chi connectivity index (χ0v) is 14.1. The lowest BCUT2D eigenvalue weighted by Crippen LogP contribution is -2.33. The normalized spacial score (nSPS) is 17.5. The van der Waals surface area contributed by atoms with Gasteiger partial charge in [-0.3, -0.25) is 4.90 Å². The molecule has 128 valence electrons. The first kappa shape index (κ1) is 16.7. The van der Waals surface area contributed by atoms with E-state index in [-0.39, 0.29) is 6.04 Å². The molecule has 24 heavy (non-hydrogen) atoms. The number of likely N-dealkylation sites (N-methyl/N-ethyl adjacent to an activating group) is 1. The summed E-state index contributed by atoms with van der Waals surface area (Å²) in [6.07, 6.45) is 1.42. The van der Waals surface area contributed by atoms with E-state index in [9.17, 15) is 8.78 Å². The molecule has 0 aliphatic carbocycles. The third kappa shape index (κ3) is 3.08. The number of ether oxygens (including phenoxy) is 2. The Balaban J connectivity index is 1.94. The van der Waals surface area contributed by atoms with Gasteiger partial charge in [-0.15, -0.1) is 0 Å². The van der Waals surface area contributed by atoms with Gasteiger partial charge in [-0.25, -0.2) is 8.78 Å². The van der Waals surface area contributed by atoms with E-state index in [0.29, 0.717) is 17.9 Å². The number of fused-ring (bicyclic) bond motifs is 1. The number of nitrogens with zero attached hydrogens (tertiary/aromatic N) is 1. The highest BCUT2D eigenvalue weighted by Gasteiger charge is 2.27. The molecule has 0 saturated heterocycles. The molecule has 0 N–H and O–H groups in total. The van der Waals surface area contributed by atoms with Gasteiger partial charge in [-0.1, -0.05) is 6.07 Å². The highest BCUT2D eigenvalue weighted by molar-refractivity contribution is 5.44. The van der Waals surface area contributed by atoms with Crippen molar-refractivity contribution in [1.29, 1.82) is 0 Å². The van der Waals surface area contributed by atoms with Crippen molar-refractivity contribution in [3.05, 3.63) is 58.7 Å². The molecule has 0 amide bonds. The first-order chi connectivity index (χ1) is 11.5. The van der Waals surface area contributed by atoms with Gasteiger partial charge in [-0.05, 0) is 60.8 Å². The van der Waals surface area contributed by atoms with Crippen LogP contribution in [0.15, 0.2) is 30.3 Å². The molecule has 1 aliphatic heterocycles. The van der Waals surface area contributed by atoms with Crippen molar-refractivity contribution in [1.82, 2.24) is 4.90 Å². The SMILES string of the molecule is COc1ccc(C[C@@H]2c3cc(F)c(F)cc3CCN2C)cc1OC. The average molecular weight is 333 g/mol. The Labute approximate surface area is 140 Å². The summed E-state index contributed by atoms with van der Waals surface area (Å²) in [6, 6.07) is 8.44. The summed E-state index contributed by atoms with van der Waals surface area (Å²) in [4.78, 5) is 2.18. The summed E-state index contributed by atoms with van der Waals surface area (Å²) in [7, 11) is 5.21. The molecule has 0 spiro atoms. The van der Waals surface area contributed by atoms with Gasteiger partial charge in [0.2, 0.25) is 0 Å². The summed E-state index contributed by atoms with van der Waals surface area (Å²) in [5, 5.41) is 0. The monoisotopic (exact) mass is 333 g/mol. The van der Waals surface area contributed by atoms with Crippen molar-refractivity contribution in [3.63, 3.8) is 0 Å². The predicted octanol–water partition coefficient (Wildman–Crippen LogP) is 3.75. The van der Waals surface area contributed by atoms with Gasteiger partial charge in [0, 0.05) is 12.6 Å². The molecule has 1 aliphatic rings. The van der Waals surface area contributed by atoms with Gasteiger partial charge >= 0.3 is 0 Å². The smallest absolute Gasteiger partial charge is 0.160 e. The van der Waals surface area contributed by atoms with E-state index < -0.39 is 11.6 Å². The van der Waals surface area contributed by atoms with Gasteiger partial charge in [0.25, 0.3) is 0 Å². The van der Waals surface area contributed by atoms with Crippen LogP contribution in [0.1, 0.15) is 22.7 Å². The van der Waals surface area contributed by atoms with Gasteiger partial charge in [0.1, 0.15) is 0 Å². The number of benzene rings is 2. The Morgan fingerprint density at radius 2 is 1.75 bits per heavy atom. The second-order valence-corrected chi connectivity index (χ2v) is 6.10. The fraction of sp³-hybridized carbons (Fsp3) is 0.368. The Hall–Kier alpha value is -2.14. The molecule has 1 atom stereocenters. The molecular formula is C19H21F2NO2. The van der Waals surface area contributed by atoms with Crippen molar-refractivity contribution < 1.29 is 18.3 Å². The van der Waals surface area contributed by atoms with Gasteiger partial charge in [0.15, 0.2) is 23.1 Å². The standard InChI is InChI=1S/C19H21F2NO2/c1-22-7-6-13-10-15(20)16(21)11-14(13)17(22)8-12-4-5-18(23-2)19(9-12)24-3/h4-5,9-11,17H,6-8H2,1-3H3/t17-/m1/s1. The molecule has 2 aromatic carbocycles. The zero-order chi connectivity index (χ0) is 17.3. The average Bonchev–Trinajstić information content (AvgIpc) is 2.59. The molecular weight excluding hydrogens is 312 g/mol. The summed E-state index contributed by atoms with van der Waals surface area (Å²) < 4.78 is 37.9. The molecule has 3 nitrogen and oxygen atoms in total. The predicted molar refractivity (Wildman–Crippen MR) is 88.7 cm³/mol. The van der Waals surface area contributed by atoms with E-state index in [1.807, 2.05) is 25.2 Å². The lowest BCUT2D eigenvalue weighted by molar-refractivity contribution is 0.228. The number of rotatable bonds is 4. The van der Waals surface area contributed by atoms with Crippen molar-refractivity contribution >= 4 is 0 Å². The van der Waals surface area contributed by atoms with E-state index >= 15 is 0 Å². The minimum Gasteiger partial charge on any atom is -0.493 e. The number of hydrogen-bond acceptors (Lipinski definition) is 3. The van der Waals surface area contributed by atoms with Crippen LogP contribution in [-0.2, 0) is 12.8 Å². The lowest BCUT2D eigenvalue weighted by atomic mass is 9.89. The Morgan fingerprint density at radius 3 is 2.46 bits per heavy atom. The highest BCUT2D eigenvalue weighted by Crippen LogP contribution is 2.35. The highest BCUT2D eigenvalue weighted by atomic mass is 19.2.